The van der Waals surface area contributed by atoms with Crippen LogP contribution in [0.15, 0.2) is 100 Å². The van der Waals surface area contributed by atoms with Gasteiger partial charge >= 0.3 is 0 Å². The zero-order chi connectivity index (χ0) is 38.5. The maximum Gasteiger partial charge on any atom is 0.240 e. The molecule has 6 aromatic rings. The number of aromatic nitrogens is 2. The van der Waals surface area contributed by atoms with Crippen LogP contribution in [0.25, 0.3) is 21.8 Å². The van der Waals surface area contributed by atoms with Gasteiger partial charge in [-0.3, -0.25) is 4.79 Å². The predicted molar refractivity (Wildman–Crippen MR) is 229 cm³/mol. The molecule has 10 heteroatoms. The second-order valence-electron chi connectivity index (χ2n) is 18.8. The molecule has 2 aliphatic heterocycles. The normalized spacial score (nSPS) is 31.1. The minimum Gasteiger partial charge on any atom is -0.377 e. The summed E-state index contributed by atoms with van der Waals surface area (Å²) in [4.78, 5) is 19.7. The average molecular weight is 891 g/mol. The van der Waals surface area contributed by atoms with Crippen molar-refractivity contribution in [3.05, 3.63) is 122 Å². The topological polar surface area (TPSA) is 87.2 Å². The third-order valence-corrected chi connectivity index (χ3v) is 18.5. The van der Waals surface area contributed by atoms with Crippen LogP contribution in [0.5, 0.6) is 0 Å². The molecule has 284 valence electrons. The molecule has 6 aliphatic rings. The van der Waals surface area contributed by atoms with E-state index in [1.807, 2.05) is 18.3 Å². The zero-order valence-corrected chi connectivity index (χ0v) is 35.6. The first-order valence-electron chi connectivity index (χ1n) is 19.8. The minimum atomic E-state index is -3.90. The number of H-pyrrole nitrogens is 1. The van der Waals surface area contributed by atoms with Gasteiger partial charge in [0, 0.05) is 82.6 Å². The van der Waals surface area contributed by atoms with Gasteiger partial charge in [0.1, 0.15) is 5.78 Å². The van der Waals surface area contributed by atoms with E-state index in [1.54, 1.807) is 3.97 Å². The molecule has 2 aromatic heterocycles. The Labute approximate surface area is 343 Å². The van der Waals surface area contributed by atoms with Gasteiger partial charge in [-0.2, -0.15) is 0 Å². The van der Waals surface area contributed by atoms with Crippen LogP contribution in [0.4, 0.5) is 17.1 Å². The van der Waals surface area contributed by atoms with Crippen LogP contribution < -0.4 is 10.2 Å². The number of ketones is 1. The third-order valence-electron chi connectivity index (χ3n) is 15.8. The van der Waals surface area contributed by atoms with Crippen LogP contribution in [-0.4, -0.2) is 28.9 Å². The van der Waals surface area contributed by atoms with Crippen molar-refractivity contribution in [2.45, 2.75) is 69.9 Å². The summed E-state index contributed by atoms with van der Waals surface area (Å²) in [6.07, 6.45) is 6.89. The largest absolute Gasteiger partial charge is 0.377 e. The summed E-state index contributed by atoms with van der Waals surface area (Å²) in [7, 11) is -3.90. The van der Waals surface area contributed by atoms with E-state index in [0.717, 1.165) is 67.1 Å². The molecular weight excluding hydrogens is 848 g/mol. The first-order valence-corrected chi connectivity index (χ1v) is 23.0. The maximum absolute atomic E-state index is 14.9. The number of carbonyl (C=O) groups excluding carboxylic acids is 1. The highest BCUT2D eigenvalue weighted by molar-refractivity contribution is 9.10. The number of halogens is 2. The Bertz CT molecular complexity index is 2890. The van der Waals surface area contributed by atoms with Crippen LogP contribution >= 0.6 is 31.9 Å². The Morgan fingerprint density at radius 2 is 1.61 bits per heavy atom. The van der Waals surface area contributed by atoms with Crippen molar-refractivity contribution in [1.82, 2.24) is 8.96 Å². The molecule has 0 amide bonds. The highest BCUT2D eigenvalue weighted by Gasteiger charge is 2.92. The number of fused-ring (bicyclic) bond motifs is 4. The molecule has 4 aliphatic carbocycles. The molecule has 0 saturated heterocycles. The number of carbonyl (C=O) groups is 1. The van der Waals surface area contributed by atoms with Crippen molar-refractivity contribution in [2.24, 2.45) is 28.6 Å². The quantitative estimate of drug-likeness (QED) is 0.174. The number of aromatic amines is 1. The summed E-state index contributed by atoms with van der Waals surface area (Å²) in [5.74, 6) is 1.25. The molecule has 0 bridgehead atoms. The number of nitrogens with one attached hydrogen (secondary N) is 2. The second kappa shape index (κ2) is 10.6. The fourth-order valence-electron chi connectivity index (χ4n) is 13.4. The van der Waals surface area contributed by atoms with Crippen molar-refractivity contribution in [2.75, 3.05) is 16.0 Å². The molecule has 0 radical (unpaired) electrons. The third kappa shape index (κ3) is 3.86. The van der Waals surface area contributed by atoms with E-state index >= 15 is 0 Å². The fraction of sp³-hybridized carbons (Fsp3) is 0.370. The Morgan fingerprint density at radius 3 is 2.39 bits per heavy atom. The van der Waals surface area contributed by atoms with Crippen molar-refractivity contribution >= 4 is 86.5 Å². The SMILES string of the molecule is CC1(C)c2ccccc2NC1c1cn(S(=O)(=O)CC23CC4C[C@H]5CC(C2=O)C453)c2ccc(N3c4ccc(Br)cc4C(C)(C)C3c3c[nH]c4ccc(Br)cc34)cc12. The molecule has 4 aromatic carbocycles. The Balaban J connectivity index is 1.05. The highest BCUT2D eigenvalue weighted by Crippen LogP contribution is 2.91. The summed E-state index contributed by atoms with van der Waals surface area (Å²) in [5, 5.41) is 5.88. The van der Waals surface area contributed by atoms with Gasteiger partial charge in [0.2, 0.25) is 10.0 Å². The van der Waals surface area contributed by atoms with Gasteiger partial charge in [-0.1, -0.05) is 77.8 Å². The average Bonchev–Trinajstić information content (AvgIpc) is 3.86. The smallest absolute Gasteiger partial charge is 0.240 e. The predicted octanol–water partition coefficient (Wildman–Crippen LogP) is 11.1. The Morgan fingerprint density at radius 1 is 0.821 bits per heavy atom. The van der Waals surface area contributed by atoms with Gasteiger partial charge in [-0.15, -0.1) is 0 Å². The molecule has 7 nitrogen and oxygen atoms in total. The van der Waals surface area contributed by atoms with Gasteiger partial charge in [0.25, 0.3) is 0 Å². The highest BCUT2D eigenvalue weighted by atomic mass is 79.9. The van der Waals surface area contributed by atoms with Gasteiger partial charge in [0.15, 0.2) is 0 Å². The molecule has 6 unspecified atom stereocenters. The number of anilines is 3. The summed E-state index contributed by atoms with van der Waals surface area (Å²) in [6.45, 7) is 9.13. The Hall–Kier alpha value is -3.86. The van der Waals surface area contributed by atoms with Crippen molar-refractivity contribution in [3.63, 3.8) is 0 Å². The van der Waals surface area contributed by atoms with Crippen LogP contribution in [-0.2, 0) is 25.6 Å². The molecule has 7 atom stereocenters. The summed E-state index contributed by atoms with van der Waals surface area (Å²) in [6, 6.07) is 27.4. The minimum absolute atomic E-state index is 0.0370. The van der Waals surface area contributed by atoms with E-state index in [2.05, 4.69) is 148 Å². The van der Waals surface area contributed by atoms with Gasteiger partial charge in [-0.05, 0) is 108 Å². The van der Waals surface area contributed by atoms with Crippen molar-refractivity contribution in [3.8, 4) is 0 Å². The van der Waals surface area contributed by atoms with Gasteiger partial charge < -0.3 is 15.2 Å². The summed E-state index contributed by atoms with van der Waals surface area (Å²) < 4.78 is 33.5. The number of benzene rings is 4. The van der Waals surface area contributed by atoms with Gasteiger partial charge in [0.05, 0.1) is 28.8 Å². The van der Waals surface area contributed by atoms with Crippen LogP contribution in [0.1, 0.15) is 81.3 Å². The number of nitrogens with zero attached hydrogens (tertiary/aromatic N) is 2. The molecule has 56 heavy (non-hydrogen) atoms. The number of rotatable bonds is 6. The molecular formula is C46H42Br2N4O3S. The van der Waals surface area contributed by atoms with E-state index in [0.29, 0.717) is 17.4 Å². The second-order valence-corrected chi connectivity index (χ2v) is 22.5. The first kappa shape index (κ1) is 34.2. The molecule has 12 rings (SSSR count). The lowest BCUT2D eigenvalue weighted by Crippen LogP contribution is -2.91. The lowest BCUT2D eigenvalue weighted by Gasteiger charge is -2.89. The van der Waals surface area contributed by atoms with Crippen LogP contribution in [0.3, 0.4) is 0 Å². The fourth-order valence-corrected chi connectivity index (χ4v) is 16.1. The first-order chi connectivity index (χ1) is 26.7. The number of hydrogen-bond donors (Lipinski definition) is 2. The summed E-state index contributed by atoms with van der Waals surface area (Å²) in [5.41, 5.74) is 8.14. The van der Waals surface area contributed by atoms with E-state index in [9.17, 15) is 13.2 Å². The zero-order valence-electron chi connectivity index (χ0n) is 31.7. The summed E-state index contributed by atoms with van der Waals surface area (Å²) >= 11 is 7.51. The van der Waals surface area contributed by atoms with Crippen LogP contribution in [0, 0.1) is 28.6 Å². The molecule has 2 N–H and O–H groups in total. The molecule has 4 saturated carbocycles. The van der Waals surface area contributed by atoms with E-state index in [4.69, 9.17) is 0 Å². The number of hydrogen-bond acceptors (Lipinski definition) is 5. The van der Waals surface area contributed by atoms with Gasteiger partial charge in [-0.25, -0.2) is 12.4 Å². The molecule has 1 spiro atoms. The monoisotopic (exact) mass is 888 g/mol. The van der Waals surface area contributed by atoms with E-state index in [1.165, 1.54) is 16.7 Å². The maximum atomic E-state index is 14.9. The van der Waals surface area contributed by atoms with Crippen molar-refractivity contribution < 1.29 is 13.2 Å². The van der Waals surface area contributed by atoms with Crippen molar-refractivity contribution in [1.29, 1.82) is 0 Å². The molecule has 4 heterocycles. The lowest BCUT2D eigenvalue weighted by atomic mass is 9.13. The van der Waals surface area contributed by atoms with Crippen LogP contribution in [0.2, 0.25) is 0 Å². The number of para-hydroxylation sites is 1. The lowest BCUT2D eigenvalue weighted by molar-refractivity contribution is -0.372. The van der Waals surface area contributed by atoms with E-state index in [-0.39, 0.29) is 45.8 Å². The molecule has 4 fully saturated rings. The number of Topliss-reactive ketones (excluding diaryl/α,β-unsaturated/α-hetero) is 1. The standard InChI is InChI=1S/C46H42Br2N4O3S/c1-43(2)33-7-5-6-8-37(33)50-40(43)32-22-51(56(54,55)23-45-20-25-15-24-16-35(42(45)53)46(24,25)45)38-14-11-28(19-30(32)38)52-39-13-10-27(48)18-34(39)44(3,4)41(52)31-21-49-36-12-9-26(47)17-29(31)36/h5-14,17-19,21-22,24-25,35,40-41,49-50H,15-16,20,23H2,1-4H3/t24-,25?,35?,40?,41?,45?,46?/m0/s1. The Kier molecular flexibility index (Phi) is 6.47. The van der Waals surface area contributed by atoms with E-state index < -0.39 is 15.4 Å².